The molecule has 1 heterocycles. The van der Waals surface area contributed by atoms with Crippen LogP contribution in [-0.4, -0.2) is 14.8 Å². The van der Waals surface area contributed by atoms with E-state index in [1.807, 2.05) is 23.7 Å². The van der Waals surface area contributed by atoms with Gasteiger partial charge in [-0.3, -0.25) is 0 Å². The highest BCUT2D eigenvalue weighted by atomic mass is 35.5. The number of hydrogen-bond donors (Lipinski definition) is 1. The third-order valence-electron chi connectivity index (χ3n) is 3.03. The first-order valence-corrected chi connectivity index (χ1v) is 6.76. The Morgan fingerprint density at radius 3 is 2.68 bits per heavy atom. The van der Waals surface area contributed by atoms with Crippen molar-refractivity contribution in [3.05, 3.63) is 46.5 Å². The van der Waals surface area contributed by atoms with Gasteiger partial charge in [0.05, 0.1) is 0 Å². The number of benzene rings is 1. The summed E-state index contributed by atoms with van der Waals surface area (Å²) in [5, 5.41) is 4.94. The Morgan fingerprint density at radius 2 is 2.05 bits per heavy atom. The third-order valence-corrected chi connectivity index (χ3v) is 3.25. The lowest BCUT2D eigenvalue weighted by Crippen LogP contribution is -2.18. The van der Waals surface area contributed by atoms with Gasteiger partial charge in [-0.2, -0.15) is 5.10 Å². The summed E-state index contributed by atoms with van der Waals surface area (Å²) in [6.07, 6.45) is 2.23. The van der Waals surface area contributed by atoms with E-state index in [0.717, 1.165) is 22.0 Å². The van der Waals surface area contributed by atoms with Gasteiger partial charge in [-0.1, -0.05) is 17.7 Å². The standard InChI is InChI=1S/C14H19ClN4/c1-9(2)19-14(17-8-18-19)7-13(16)11-4-10(3)5-12(15)6-11/h4-6,8-9,13H,7,16H2,1-3H3. The van der Waals surface area contributed by atoms with Crippen molar-refractivity contribution in [3.63, 3.8) is 0 Å². The Balaban J connectivity index is 2.20. The summed E-state index contributed by atoms with van der Waals surface area (Å²) in [4.78, 5) is 4.29. The minimum Gasteiger partial charge on any atom is -0.324 e. The van der Waals surface area contributed by atoms with Gasteiger partial charge in [0.25, 0.3) is 0 Å². The van der Waals surface area contributed by atoms with Gasteiger partial charge in [-0.05, 0) is 44.0 Å². The molecule has 2 rings (SSSR count). The van der Waals surface area contributed by atoms with Gasteiger partial charge in [0.15, 0.2) is 0 Å². The maximum Gasteiger partial charge on any atom is 0.138 e. The zero-order valence-corrected chi connectivity index (χ0v) is 12.2. The van der Waals surface area contributed by atoms with Gasteiger partial charge < -0.3 is 5.73 Å². The molecule has 1 unspecified atom stereocenters. The van der Waals surface area contributed by atoms with Crippen LogP contribution >= 0.6 is 11.6 Å². The molecule has 4 nitrogen and oxygen atoms in total. The second-order valence-electron chi connectivity index (χ2n) is 5.09. The number of nitrogens with zero attached hydrogens (tertiary/aromatic N) is 3. The quantitative estimate of drug-likeness (QED) is 0.935. The van der Waals surface area contributed by atoms with Crippen molar-refractivity contribution >= 4 is 11.6 Å². The van der Waals surface area contributed by atoms with Crippen LogP contribution in [0.3, 0.4) is 0 Å². The van der Waals surface area contributed by atoms with Crippen molar-refractivity contribution in [3.8, 4) is 0 Å². The highest BCUT2D eigenvalue weighted by molar-refractivity contribution is 6.30. The Bertz CT molecular complexity index is 542. The van der Waals surface area contributed by atoms with E-state index in [0.29, 0.717) is 6.42 Å². The van der Waals surface area contributed by atoms with Crippen LogP contribution in [0.15, 0.2) is 24.5 Å². The molecular weight excluding hydrogens is 260 g/mol. The second-order valence-corrected chi connectivity index (χ2v) is 5.52. The molecule has 0 aliphatic carbocycles. The van der Waals surface area contributed by atoms with Crippen LogP contribution in [0.4, 0.5) is 0 Å². The van der Waals surface area contributed by atoms with Crippen LogP contribution in [0, 0.1) is 6.92 Å². The number of halogens is 1. The number of nitrogens with two attached hydrogens (primary N) is 1. The van der Waals surface area contributed by atoms with Gasteiger partial charge in [-0.25, -0.2) is 9.67 Å². The normalized spacial score (nSPS) is 12.9. The van der Waals surface area contributed by atoms with Crippen LogP contribution in [0.2, 0.25) is 5.02 Å². The summed E-state index contributed by atoms with van der Waals surface area (Å²) in [6.45, 7) is 6.17. The molecule has 2 N–H and O–H groups in total. The lowest BCUT2D eigenvalue weighted by molar-refractivity contribution is 0.493. The van der Waals surface area contributed by atoms with Gasteiger partial charge in [0.1, 0.15) is 12.2 Å². The van der Waals surface area contributed by atoms with Gasteiger partial charge >= 0.3 is 0 Å². The van der Waals surface area contributed by atoms with E-state index in [1.54, 1.807) is 6.33 Å². The Hall–Kier alpha value is -1.39. The molecule has 0 amide bonds. The molecule has 1 aromatic heterocycles. The minimum atomic E-state index is -0.126. The molecule has 0 saturated heterocycles. The SMILES string of the molecule is Cc1cc(Cl)cc(C(N)Cc2ncnn2C(C)C)c1. The lowest BCUT2D eigenvalue weighted by atomic mass is 10.0. The first-order valence-electron chi connectivity index (χ1n) is 6.38. The predicted molar refractivity (Wildman–Crippen MR) is 77.2 cm³/mol. The van der Waals surface area contributed by atoms with Crippen molar-refractivity contribution in [1.82, 2.24) is 14.8 Å². The molecule has 102 valence electrons. The van der Waals surface area contributed by atoms with Crippen LogP contribution in [0.1, 0.15) is 42.9 Å². The average molecular weight is 279 g/mol. The molecule has 0 spiro atoms. The fourth-order valence-corrected chi connectivity index (χ4v) is 2.44. The molecule has 0 aliphatic heterocycles. The molecule has 0 bridgehead atoms. The number of hydrogen-bond acceptors (Lipinski definition) is 3. The summed E-state index contributed by atoms with van der Waals surface area (Å²) >= 11 is 6.07. The van der Waals surface area contributed by atoms with Crippen LogP contribution in [-0.2, 0) is 6.42 Å². The third kappa shape index (κ3) is 3.33. The van der Waals surface area contributed by atoms with E-state index in [-0.39, 0.29) is 12.1 Å². The Kier molecular flexibility index (Phi) is 4.22. The molecule has 1 atom stereocenters. The van der Waals surface area contributed by atoms with Gasteiger partial charge in [0, 0.05) is 23.5 Å². The zero-order valence-electron chi connectivity index (χ0n) is 11.5. The topological polar surface area (TPSA) is 56.7 Å². The van der Waals surface area contributed by atoms with Crippen molar-refractivity contribution in [2.45, 2.75) is 39.3 Å². The summed E-state index contributed by atoms with van der Waals surface area (Å²) < 4.78 is 1.90. The molecule has 0 aliphatic rings. The molecule has 0 fully saturated rings. The maximum absolute atomic E-state index is 6.25. The van der Waals surface area contributed by atoms with Crippen molar-refractivity contribution in [1.29, 1.82) is 0 Å². The number of aryl methyl sites for hydroxylation is 1. The Labute approximate surface area is 118 Å². The number of aromatic nitrogens is 3. The molecule has 0 radical (unpaired) electrons. The van der Waals surface area contributed by atoms with Gasteiger partial charge in [0.2, 0.25) is 0 Å². The van der Waals surface area contributed by atoms with E-state index in [4.69, 9.17) is 17.3 Å². The smallest absolute Gasteiger partial charge is 0.138 e. The molecule has 1 aromatic carbocycles. The van der Waals surface area contributed by atoms with Crippen LogP contribution < -0.4 is 5.73 Å². The molecule has 0 saturated carbocycles. The van der Waals surface area contributed by atoms with E-state index >= 15 is 0 Å². The predicted octanol–water partition coefficient (Wildman–Crippen LogP) is 3.06. The Morgan fingerprint density at radius 1 is 1.32 bits per heavy atom. The van der Waals surface area contributed by atoms with Crippen molar-refractivity contribution in [2.75, 3.05) is 0 Å². The van der Waals surface area contributed by atoms with Gasteiger partial charge in [-0.15, -0.1) is 0 Å². The first kappa shape index (κ1) is 14.0. The highest BCUT2D eigenvalue weighted by Gasteiger charge is 2.14. The summed E-state index contributed by atoms with van der Waals surface area (Å²) in [7, 11) is 0. The maximum atomic E-state index is 6.25. The lowest BCUT2D eigenvalue weighted by Gasteiger charge is -2.15. The molecule has 2 aromatic rings. The minimum absolute atomic E-state index is 0.126. The van der Waals surface area contributed by atoms with E-state index in [9.17, 15) is 0 Å². The second kappa shape index (κ2) is 5.72. The number of rotatable bonds is 4. The summed E-state index contributed by atoms with van der Waals surface area (Å²) in [6, 6.07) is 6.06. The van der Waals surface area contributed by atoms with Crippen LogP contribution in [0.5, 0.6) is 0 Å². The monoisotopic (exact) mass is 278 g/mol. The fourth-order valence-electron chi connectivity index (χ4n) is 2.14. The molecular formula is C14H19ClN4. The highest BCUT2D eigenvalue weighted by Crippen LogP contribution is 2.21. The van der Waals surface area contributed by atoms with Crippen LogP contribution in [0.25, 0.3) is 0 Å². The van der Waals surface area contributed by atoms with Crippen molar-refractivity contribution in [2.24, 2.45) is 5.73 Å². The summed E-state index contributed by atoms with van der Waals surface area (Å²) in [5.41, 5.74) is 8.40. The largest absolute Gasteiger partial charge is 0.324 e. The molecule has 5 heteroatoms. The fraction of sp³-hybridized carbons (Fsp3) is 0.429. The summed E-state index contributed by atoms with van der Waals surface area (Å²) in [5.74, 6) is 0.903. The average Bonchev–Trinajstić information content (AvgIpc) is 2.75. The van der Waals surface area contributed by atoms with E-state index < -0.39 is 0 Å². The van der Waals surface area contributed by atoms with Crippen molar-refractivity contribution < 1.29 is 0 Å². The first-order chi connectivity index (χ1) is 8.97. The molecule has 19 heavy (non-hydrogen) atoms. The van der Waals surface area contributed by atoms with E-state index in [2.05, 4.69) is 30.0 Å². The zero-order chi connectivity index (χ0) is 14.0. The van der Waals surface area contributed by atoms with E-state index in [1.165, 1.54) is 0 Å².